The number of hydrazine groups is 1. The molecular formula is C26H35N7O2. The lowest BCUT2D eigenvalue weighted by Gasteiger charge is -2.41. The maximum absolute atomic E-state index is 13.4. The summed E-state index contributed by atoms with van der Waals surface area (Å²) in [5.74, 6) is -0.322. The number of hydrogen-bond acceptors (Lipinski definition) is 7. The van der Waals surface area contributed by atoms with E-state index in [2.05, 4.69) is 64.1 Å². The molecule has 3 aliphatic heterocycles. The first-order valence-electron chi connectivity index (χ1n) is 12.4. The number of carbonyl (C=O) groups excluding carboxylic acids is 2. The predicted octanol–water partition coefficient (Wildman–Crippen LogP) is 2.30. The molecule has 3 fully saturated rings. The Morgan fingerprint density at radius 1 is 1.06 bits per heavy atom. The molecule has 0 bridgehead atoms. The maximum Gasteiger partial charge on any atom is 0.327 e. The summed E-state index contributed by atoms with van der Waals surface area (Å²) in [6.07, 6.45) is -0.715. The lowest BCUT2D eigenvalue weighted by Crippen LogP contribution is -2.64. The van der Waals surface area contributed by atoms with Gasteiger partial charge in [0.1, 0.15) is 18.2 Å². The number of fused-ring (bicyclic) bond motifs is 1. The minimum absolute atomic E-state index is 0.166. The molecular weight excluding hydrogens is 442 g/mol. The van der Waals surface area contributed by atoms with Gasteiger partial charge in [-0.1, -0.05) is 44.2 Å². The molecule has 186 valence electrons. The number of imide groups is 1. The summed E-state index contributed by atoms with van der Waals surface area (Å²) in [5, 5.41) is 9.01. The Labute approximate surface area is 207 Å². The van der Waals surface area contributed by atoms with Crippen LogP contribution in [0.3, 0.4) is 0 Å². The number of carbonyl (C=O) groups is 2. The Morgan fingerprint density at radius 2 is 1.80 bits per heavy atom. The van der Waals surface area contributed by atoms with E-state index in [4.69, 9.17) is 0 Å². The summed E-state index contributed by atoms with van der Waals surface area (Å²) in [5.41, 5.74) is 6.80. The van der Waals surface area contributed by atoms with Gasteiger partial charge >= 0.3 is 6.03 Å². The van der Waals surface area contributed by atoms with Crippen molar-refractivity contribution in [2.45, 2.75) is 32.7 Å². The lowest BCUT2D eigenvalue weighted by atomic mass is 9.97. The van der Waals surface area contributed by atoms with Gasteiger partial charge in [0.25, 0.3) is 0 Å². The third kappa shape index (κ3) is 4.71. The Balaban J connectivity index is 1.43. The van der Waals surface area contributed by atoms with Gasteiger partial charge in [-0.25, -0.2) is 15.2 Å². The molecule has 0 radical (unpaired) electrons. The highest BCUT2D eigenvalue weighted by Crippen LogP contribution is 2.33. The van der Waals surface area contributed by atoms with Crippen molar-refractivity contribution in [2.24, 2.45) is 11.8 Å². The number of nitrogens with one attached hydrogen (secondary N) is 3. The van der Waals surface area contributed by atoms with E-state index < -0.39 is 12.1 Å². The molecule has 5 rings (SSSR count). The van der Waals surface area contributed by atoms with Crippen LogP contribution in [0.25, 0.3) is 0 Å². The molecule has 3 aliphatic rings. The third-order valence-electron chi connectivity index (χ3n) is 6.96. The van der Waals surface area contributed by atoms with Gasteiger partial charge in [0, 0.05) is 44.6 Å². The van der Waals surface area contributed by atoms with Crippen LogP contribution in [0.15, 0.2) is 54.6 Å². The highest BCUT2D eigenvalue weighted by molar-refractivity contribution is 5.99. The molecule has 3 N–H and O–H groups in total. The average Bonchev–Trinajstić information content (AvgIpc) is 3.51. The first-order chi connectivity index (χ1) is 16.9. The monoisotopic (exact) mass is 477 g/mol. The largest absolute Gasteiger partial charge is 0.368 e. The summed E-state index contributed by atoms with van der Waals surface area (Å²) < 4.78 is 0. The Hall–Kier alpha value is -3.14. The topological polar surface area (TPSA) is 83.2 Å². The molecule has 9 heteroatoms. The minimum atomic E-state index is -0.438. The molecule has 0 spiro atoms. The van der Waals surface area contributed by atoms with Crippen molar-refractivity contribution in [2.75, 3.05) is 43.6 Å². The van der Waals surface area contributed by atoms with Gasteiger partial charge in [0.2, 0.25) is 5.91 Å². The number of urea groups is 1. The summed E-state index contributed by atoms with van der Waals surface area (Å²) in [6.45, 7) is 8.23. The number of benzene rings is 2. The maximum atomic E-state index is 13.4. The van der Waals surface area contributed by atoms with Gasteiger partial charge in [-0.3, -0.25) is 15.0 Å². The summed E-state index contributed by atoms with van der Waals surface area (Å²) in [6, 6.07) is 18.3. The van der Waals surface area contributed by atoms with Crippen molar-refractivity contribution in [3.63, 3.8) is 0 Å². The van der Waals surface area contributed by atoms with Crippen molar-refractivity contribution in [3.8, 4) is 0 Å². The van der Waals surface area contributed by atoms with E-state index in [-0.39, 0.29) is 24.0 Å². The SMILES string of the molecule is CC(C)CN1C(=O)N(C)C(=O)C2C(Nc3ccccc3)N(Cc3ccc(N4CCNC4)cc3)NC21. The van der Waals surface area contributed by atoms with Gasteiger partial charge in [0.15, 0.2) is 0 Å². The van der Waals surface area contributed by atoms with Crippen molar-refractivity contribution < 1.29 is 9.59 Å². The van der Waals surface area contributed by atoms with E-state index in [1.165, 1.54) is 10.6 Å². The van der Waals surface area contributed by atoms with E-state index in [0.717, 1.165) is 31.0 Å². The molecule has 3 atom stereocenters. The number of para-hydroxylation sites is 1. The second-order valence-corrected chi connectivity index (χ2v) is 10.00. The second kappa shape index (κ2) is 9.85. The fourth-order valence-electron chi connectivity index (χ4n) is 5.20. The highest BCUT2D eigenvalue weighted by atomic mass is 16.2. The van der Waals surface area contributed by atoms with Crippen LogP contribution in [0.1, 0.15) is 19.4 Å². The first kappa shape index (κ1) is 23.6. The summed E-state index contributed by atoms with van der Waals surface area (Å²) >= 11 is 0. The first-order valence-corrected chi connectivity index (χ1v) is 12.4. The van der Waals surface area contributed by atoms with Crippen molar-refractivity contribution in [3.05, 3.63) is 60.2 Å². The Morgan fingerprint density at radius 3 is 2.46 bits per heavy atom. The summed E-state index contributed by atoms with van der Waals surface area (Å²) in [7, 11) is 1.59. The van der Waals surface area contributed by atoms with E-state index in [0.29, 0.717) is 13.1 Å². The predicted molar refractivity (Wildman–Crippen MR) is 136 cm³/mol. The van der Waals surface area contributed by atoms with Crippen LogP contribution in [0.4, 0.5) is 16.2 Å². The van der Waals surface area contributed by atoms with E-state index in [1.54, 1.807) is 11.9 Å². The van der Waals surface area contributed by atoms with E-state index in [9.17, 15) is 9.59 Å². The normalized spacial score (nSPS) is 25.0. The molecule has 3 heterocycles. The van der Waals surface area contributed by atoms with Crippen molar-refractivity contribution in [1.82, 2.24) is 25.6 Å². The zero-order chi connectivity index (χ0) is 24.5. The quantitative estimate of drug-likeness (QED) is 0.565. The van der Waals surface area contributed by atoms with E-state index in [1.807, 2.05) is 30.3 Å². The van der Waals surface area contributed by atoms with Crippen LogP contribution in [0, 0.1) is 11.8 Å². The second-order valence-electron chi connectivity index (χ2n) is 10.00. The molecule has 3 unspecified atom stereocenters. The molecule has 9 nitrogen and oxygen atoms in total. The number of rotatable bonds is 7. The third-order valence-corrected chi connectivity index (χ3v) is 6.96. The minimum Gasteiger partial charge on any atom is -0.368 e. The number of nitrogens with zero attached hydrogens (tertiary/aromatic N) is 4. The van der Waals surface area contributed by atoms with Gasteiger partial charge in [-0.15, -0.1) is 0 Å². The molecule has 35 heavy (non-hydrogen) atoms. The molecule has 0 aliphatic carbocycles. The highest BCUT2D eigenvalue weighted by Gasteiger charge is 2.55. The molecule has 0 aromatic heterocycles. The van der Waals surface area contributed by atoms with Crippen LogP contribution >= 0.6 is 0 Å². The van der Waals surface area contributed by atoms with Crippen LogP contribution in [-0.4, -0.2) is 72.4 Å². The van der Waals surface area contributed by atoms with Crippen molar-refractivity contribution in [1.29, 1.82) is 0 Å². The molecule has 2 aromatic carbocycles. The smallest absolute Gasteiger partial charge is 0.327 e. The van der Waals surface area contributed by atoms with Crippen LogP contribution < -0.4 is 21.0 Å². The van der Waals surface area contributed by atoms with Gasteiger partial charge in [-0.2, -0.15) is 0 Å². The zero-order valence-corrected chi connectivity index (χ0v) is 20.6. The Bertz CT molecular complexity index is 1040. The Kier molecular flexibility index (Phi) is 6.64. The lowest BCUT2D eigenvalue weighted by molar-refractivity contribution is -0.137. The van der Waals surface area contributed by atoms with Crippen LogP contribution in [-0.2, 0) is 11.3 Å². The number of hydrogen-bond donors (Lipinski definition) is 3. The van der Waals surface area contributed by atoms with Crippen molar-refractivity contribution >= 4 is 23.3 Å². The standard InChI is InChI=1S/C26H35N7O2/c1-18(2)15-32-24-22(25(34)30(3)26(32)35)23(28-20-7-5-4-6-8-20)33(29-24)16-19-9-11-21(12-10-19)31-14-13-27-17-31/h4-12,18,22-24,27-29H,13-17H2,1-3H3. The fourth-order valence-corrected chi connectivity index (χ4v) is 5.20. The zero-order valence-electron chi connectivity index (χ0n) is 20.6. The summed E-state index contributed by atoms with van der Waals surface area (Å²) in [4.78, 5) is 31.8. The van der Waals surface area contributed by atoms with Gasteiger partial charge < -0.3 is 15.1 Å². The van der Waals surface area contributed by atoms with Gasteiger partial charge in [-0.05, 0) is 35.7 Å². The molecule has 2 aromatic rings. The van der Waals surface area contributed by atoms with E-state index >= 15 is 0 Å². The fraction of sp³-hybridized carbons (Fsp3) is 0.462. The number of amides is 3. The molecule has 3 amide bonds. The molecule has 3 saturated heterocycles. The van der Waals surface area contributed by atoms with Gasteiger partial charge in [0.05, 0.1) is 6.67 Å². The van der Waals surface area contributed by atoms with Crippen LogP contribution in [0.2, 0.25) is 0 Å². The number of anilines is 2. The average molecular weight is 478 g/mol. The molecule has 0 saturated carbocycles. The van der Waals surface area contributed by atoms with Crippen LogP contribution in [0.5, 0.6) is 0 Å².